The molecule has 19 heavy (non-hydrogen) atoms. The summed E-state index contributed by atoms with van der Waals surface area (Å²) in [7, 11) is -1.98. The molecule has 5 nitrogen and oxygen atoms in total. The fraction of sp³-hybridized carbons (Fsp3) is 0.923. The molecule has 0 spiro atoms. The van der Waals surface area contributed by atoms with Crippen molar-refractivity contribution in [1.82, 2.24) is 4.90 Å². The molecule has 1 saturated heterocycles. The average molecular weight is 289 g/mol. The lowest BCUT2D eigenvalue weighted by Crippen LogP contribution is -2.54. The van der Waals surface area contributed by atoms with Crippen molar-refractivity contribution in [2.75, 3.05) is 13.2 Å². The van der Waals surface area contributed by atoms with Gasteiger partial charge in [-0.25, -0.2) is 4.79 Å². The van der Waals surface area contributed by atoms with Crippen LogP contribution in [0.2, 0.25) is 18.1 Å². The van der Waals surface area contributed by atoms with Gasteiger partial charge in [-0.1, -0.05) is 20.8 Å². The van der Waals surface area contributed by atoms with Gasteiger partial charge in [0.1, 0.15) is 6.23 Å². The van der Waals surface area contributed by atoms with Crippen LogP contribution in [0.15, 0.2) is 0 Å². The van der Waals surface area contributed by atoms with E-state index in [9.17, 15) is 15.0 Å². The van der Waals surface area contributed by atoms with E-state index in [-0.39, 0.29) is 23.8 Å². The molecule has 1 amide bonds. The van der Waals surface area contributed by atoms with Crippen LogP contribution in [-0.2, 0) is 4.43 Å². The number of nitrogens with zero attached hydrogens (tertiary/aromatic N) is 1. The number of aliphatic hydroxyl groups is 1. The van der Waals surface area contributed by atoms with Gasteiger partial charge in [0.25, 0.3) is 0 Å². The highest BCUT2D eigenvalue weighted by Crippen LogP contribution is 2.39. The number of hydrogen-bond acceptors (Lipinski definition) is 3. The molecule has 0 aliphatic carbocycles. The number of amides is 1. The van der Waals surface area contributed by atoms with E-state index in [0.29, 0.717) is 13.0 Å². The second kappa shape index (κ2) is 5.81. The average Bonchev–Trinajstić information content (AvgIpc) is 2.27. The van der Waals surface area contributed by atoms with Crippen molar-refractivity contribution in [3.05, 3.63) is 0 Å². The Kier molecular flexibility index (Phi) is 5.03. The topological polar surface area (TPSA) is 70.0 Å². The minimum Gasteiger partial charge on any atom is -0.465 e. The van der Waals surface area contributed by atoms with Crippen molar-refractivity contribution in [3.8, 4) is 0 Å². The Balaban J connectivity index is 2.79. The molecule has 0 aromatic rings. The molecule has 1 fully saturated rings. The lowest BCUT2D eigenvalue weighted by Gasteiger charge is -2.44. The van der Waals surface area contributed by atoms with Crippen molar-refractivity contribution in [2.45, 2.75) is 58.0 Å². The van der Waals surface area contributed by atoms with Crippen molar-refractivity contribution in [3.63, 3.8) is 0 Å². The molecule has 0 aromatic heterocycles. The first-order valence-electron chi connectivity index (χ1n) is 6.86. The van der Waals surface area contributed by atoms with Gasteiger partial charge in [0.15, 0.2) is 8.32 Å². The molecule has 112 valence electrons. The van der Waals surface area contributed by atoms with Crippen LogP contribution in [0, 0.1) is 5.92 Å². The van der Waals surface area contributed by atoms with E-state index in [1.54, 1.807) is 0 Å². The quantitative estimate of drug-likeness (QED) is 0.784. The molecule has 0 aromatic carbocycles. The standard InChI is InChI=1S/C13H27NO4Si/c1-13(2,3)19(4,5)18-11-7-6-10(9-15)8-14(11)12(16)17/h10-11,15H,6-9H2,1-5H3,(H,16,17). The second-order valence-corrected chi connectivity index (χ2v) is 11.7. The Hall–Kier alpha value is -0.593. The molecule has 1 aliphatic rings. The molecule has 1 heterocycles. The molecule has 2 unspecified atom stereocenters. The predicted octanol–water partition coefficient (Wildman–Crippen LogP) is 2.72. The second-order valence-electron chi connectivity index (χ2n) is 6.89. The SMILES string of the molecule is CC(C)(C)[Si](C)(C)OC1CCC(CO)CN1C(=O)O. The number of carboxylic acid groups (broad SMARTS) is 1. The third-order valence-electron chi connectivity index (χ3n) is 4.37. The molecular weight excluding hydrogens is 262 g/mol. The summed E-state index contributed by atoms with van der Waals surface area (Å²) < 4.78 is 6.21. The maximum atomic E-state index is 11.3. The van der Waals surface area contributed by atoms with E-state index in [1.807, 2.05) is 0 Å². The number of aliphatic hydroxyl groups excluding tert-OH is 1. The first kappa shape index (κ1) is 16.5. The van der Waals surface area contributed by atoms with Crippen LogP contribution >= 0.6 is 0 Å². The van der Waals surface area contributed by atoms with Gasteiger partial charge in [-0.2, -0.15) is 0 Å². The Morgan fingerprint density at radius 2 is 1.95 bits per heavy atom. The van der Waals surface area contributed by atoms with Gasteiger partial charge in [0.2, 0.25) is 0 Å². The molecule has 2 N–H and O–H groups in total. The van der Waals surface area contributed by atoms with Gasteiger partial charge in [0, 0.05) is 19.1 Å². The number of likely N-dealkylation sites (tertiary alicyclic amines) is 1. The van der Waals surface area contributed by atoms with Crippen LogP contribution in [0.1, 0.15) is 33.6 Å². The molecule has 0 saturated carbocycles. The Morgan fingerprint density at radius 3 is 2.37 bits per heavy atom. The zero-order chi connectivity index (χ0) is 14.8. The monoisotopic (exact) mass is 289 g/mol. The summed E-state index contributed by atoms with van der Waals surface area (Å²) in [4.78, 5) is 12.7. The first-order chi connectivity index (χ1) is 8.58. The molecule has 1 aliphatic heterocycles. The number of piperidine rings is 1. The van der Waals surface area contributed by atoms with E-state index < -0.39 is 14.4 Å². The minimum absolute atomic E-state index is 0.0374. The number of rotatable bonds is 3. The molecule has 0 bridgehead atoms. The number of hydrogen-bond donors (Lipinski definition) is 2. The smallest absolute Gasteiger partial charge is 0.409 e. The summed E-state index contributed by atoms with van der Waals surface area (Å²) in [6, 6.07) is 0. The summed E-state index contributed by atoms with van der Waals surface area (Å²) in [5, 5.41) is 18.5. The maximum absolute atomic E-state index is 11.3. The van der Waals surface area contributed by atoms with E-state index in [0.717, 1.165) is 6.42 Å². The lowest BCUT2D eigenvalue weighted by molar-refractivity contribution is -0.0270. The molecule has 0 radical (unpaired) electrons. The molecule has 1 rings (SSSR count). The molecule has 6 heteroatoms. The van der Waals surface area contributed by atoms with Gasteiger partial charge in [-0.05, 0) is 31.0 Å². The Bertz CT molecular complexity index is 327. The third kappa shape index (κ3) is 3.93. The predicted molar refractivity (Wildman–Crippen MR) is 76.6 cm³/mol. The van der Waals surface area contributed by atoms with Crippen molar-refractivity contribution in [1.29, 1.82) is 0 Å². The zero-order valence-electron chi connectivity index (χ0n) is 12.6. The largest absolute Gasteiger partial charge is 0.465 e. The third-order valence-corrected chi connectivity index (χ3v) is 8.84. The Labute approximate surface area is 116 Å². The fourth-order valence-electron chi connectivity index (χ4n) is 2.01. The van der Waals surface area contributed by atoms with Crippen molar-refractivity contribution in [2.24, 2.45) is 5.92 Å². The van der Waals surface area contributed by atoms with E-state index in [4.69, 9.17) is 4.43 Å². The summed E-state index contributed by atoms with van der Waals surface area (Å²) >= 11 is 0. The van der Waals surface area contributed by atoms with Crippen molar-refractivity contribution < 1.29 is 19.4 Å². The molecule has 2 atom stereocenters. The molecular formula is C13H27NO4Si. The van der Waals surface area contributed by atoms with Crippen LogP contribution in [-0.4, -0.2) is 48.9 Å². The van der Waals surface area contributed by atoms with Crippen LogP contribution in [0.25, 0.3) is 0 Å². The van der Waals surface area contributed by atoms with E-state index in [1.165, 1.54) is 4.90 Å². The highest BCUT2D eigenvalue weighted by molar-refractivity contribution is 6.74. The minimum atomic E-state index is -1.98. The fourth-order valence-corrected chi connectivity index (χ4v) is 3.29. The normalized spacial score (nSPS) is 25.5. The van der Waals surface area contributed by atoms with Gasteiger partial charge >= 0.3 is 6.09 Å². The maximum Gasteiger partial charge on any atom is 0.409 e. The van der Waals surface area contributed by atoms with Crippen LogP contribution < -0.4 is 0 Å². The summed E-state index contributed by atoms with van der Waals surface area (Å²) in [5.74, 6) is 0.0374. The van der Waals surface area contributed by atoms with Crippen LogP contribution in [0.5, 0.6) is 0 Å². The summed E-state index contributed by atoms with van der Waals surface area (Å²) in [5.41, 5.74) is 0. The van der Waals surface area contributed by atoms with Crippen molar-refractivity contribution >= 4 is 14.4 Å². The zero-order valence-corrected chi connectivity index (χ0v) is 13.6. The lowest BCUT2D eigenvalue weighted by atomic mass is 9.98. The Morgan fingerprint density at radius 1 is 1.37 bits per heavy atom. The van der Waals surface area contributed by atoms with E-state index >= 15 is 0 Å². The van der Waals surface area contributed by atoms with Gasteiger partial charge in [-0.3, -0.25) is 4.90 Å². The number of carbonyl (C=O) groups is 1. The summed E-state index contributed by atoms with van der Waals surface area (Å²) in [6.45, 7) is 11.1. The summed E-state index contributed by atoms with van der Waals surface area (Å²) in [6.07, 6.45) is 0.173. The highest BCUT2D eigenvalue weighted by Gasteiger charge is 2.42. The highest BCUT2D eigenvalue weighted by atomic mass is 28.4. The first-order valence-corrected chi connectivity index (χ1v) is 9.77. The van der Waals surface area contributed by atoms with Crippen LogP contribution in [0.3, 0.4) is 0 Å². The van der Waals surface area contributed by atoms with Gasteiger partial charge < -0.3 is 14.6 Å². The van der Waals surface area contributed by atoms with Gasteiger partial charge in [-0.15, -0.1) is 0 Å². The van der Waals surface area contributed by atoms with E-state index in [2.05, 4.69) is 33.9 Å². The van der Waals surface area contributed by atoms with Crippen LogP contribution in [0.4, 0.5) is 4.79 Å². The van der Waals surface area contributed by atoms with Gasteiger partial charge in [0.05, 0.1) is 0 Å².